The topological polar surface area (TPSA) is 144 Å². The molecule has 10 nitrogen and oxygen atoms in total. The number of hydrogen-bond acceptors (Lipinski definition) is 8. The highest BCUT2D eigenvalue weighted by Crippen LogP contribution is 2.26. The molecule has 0 saturated carbocycles. The van der Waals surface area contributed by atoms with Gasteiger partial charge in [0.2, 0.25) is 5.91 Å². The third-order valence-corrected chi connectivity index (χ3v) is 9.13. The molecule has 0 saturated heterocycles. The average Bonchev–Trinajstić information content (AvgIpc) is 3.34. The second-order valence-electron chi connectivity index (χ2n) is 9.41. The molecular weight excluding hydrogens is 536 g/mol. The summed E-state index contributed by atoms with van der Waals surface area (Å²) in [5.74, 6) is -0.232. The van der Waals surface area contributed by atoms with Gasteiger partial charge in [0.05, 0.1) is 27.6 Å². The number of nitrogens with one attached hydrogen (secondary N) is 3. The molecule has 1 amide bonds. The molecule has 2 aromatic heterocycles. The largest absolute Gasteiger partial charge is 0.361 e. The van der Waals surface area contributed by atoms with Crippen LogP contribution in [0.25, 0.3) is 10.9 Å². The molecule has 39 heavy (non-hydrogen) atoms. The van der Waals surface area contributed by atoms with Crippen molar-refractivity contribution in [1.82, 2.24) is 25.0 Å². The van der Waals surface area contributed by atoms with Crippen molar-refractivity contribution in [2.45, 2.75) is 74.5 Å². The molecule has 1 aliphatic heterocycles. The lowest BCUT2D eigenvalue weighted by Crippen LogP contribution is -2.51. The van der Waals surface area contributed by atoms with E-state index in [1.165, 1.54) is 21.1 Å². The van der Waals surface area contributed by atoms with Crippen molar-refractivity contribution in [3.05, 3.63) is 56.7 Å². The van der Waals surface area contributed by atoms with E-state index in [4.69, 9.17) is 5.73 Å². The summed E-state index contributed by atoms with van der Waals surface area (Å²) in [6.07, 6.45) is 4.17. The lowest BCUT2D eigenvalue weighted by Gasteiger charge is -2.24. The predicted octanol–water partition coefficient (Wildman–Crippen LogP) is 2.07. The number of hydrogen-bond donors (Lipinski definition) is 4. The zero-order valence-corrected chi connectivity index (χ0v) is 24.0. The number of fused-ring (bicyclic) bond motifs is 2. The van der Waals surface area contributed by atoms with Crippen LogP contribution in [0.3, 0.4) is 0 Å². The Balaban J connectivity index is 1.71. The molecule has 12 heteroatoms. The van der Waals surface area contributed by atoms with Gasteiger partial charge in [-0.25, -0.2) is 9.36 Å². The zero-order chi connectivity index (χ0) is 27.9. The number of nitrogens with two attached hydrogens (primary N) is 1. The normalized spacial score (nSPS) is 18.8. The molecule has 3 heterocycles. The molecule has 1 aliphatic rings. The van der Waals surface area contributed by atoms with Crippen molar-refractivity contribution >= 4 is 46.1 Å². The van der Waals surface area contributed by atoms with Crippen molar-refractivity contribution in [2.24, 2.45) is 5.73 Å². The maximum absolute atomic E-state index is 13.5. The molecule has 1 aromatic carbocycles. The standard InChI is InChI=1S/C27H36N6O4S2/c1-3-32-26(36)23-24(27(37)33(32)4-2)39-16-30-21(13-17-14-29-19-10-6-5-9-18(17)19)25(35)31-20(11-7-8-12-28)22(34)15-38-23/h5-6,9-10,14,20-21,29-30H,3-4,7-8,11-13,15-16,28H2,1-2H3,(H,31,35)/t20-,21-/m0/s1. The monoisotopic (exact) mass is 572 g/mol. The van der Waals surface area contributed by atoms with E-state index < -0.39 is 12.1 Å². The number of Topliss-reactive ketones (excluding diaryl/α,β-unsaturated/α-hetero) is 1. The van der Waals surface area contributed by atoms with E-state index >= 15 is 0 Å². The smallest absolute Gasteiger partial charge is 0.280 e. The summed E-state index contributed by atoms with van der Waals surface area (Å²) in [5, 5.41) is 7.28. The first-order valence-electron chi connectivity index (χ1n) is 13.3. The van der Waals surface area contributed by atoms with E-state index in [1.807, 2.05) is 44.3 Å². The second-order valence-corrected chi connectivity index (χ2v) is 11.4. The quantitative estimate of drug-likeness (QED) is 0.301. The van der Waals surface area contributed by atoms with Gasteiger partial charge in [0.15, 0.2) is 5.78 Å². The minimum atomic E-state index is -0.705. The number of rotatable bonds is 8. The highest BCUT2D eigenvalue weighted by Gasteiger charge is 2.29. The summed E-state index contributed by atoms with van der Waals surface area (Å²) in [6, 6.07) is 6.52. The lowest BCUT2D eigenvalue weighted by atomic mass is 10.0. The van der Waals surface area contributed by atoms with Crippen LogP contribution in [0.5, 0.6) is 0 Å². The van der Waals surface area contributed by atoms with Gasteiger partial charge >= 0.3 is 0 Å². The summed E-state index contributed by atoms with van der Waals surface area (Å²) in [4.78, 5) is 57.6. The van der Waals surface area contributed by atoms with Crippen molar-refractivity contribution in [1.29, 1.82) is 0 Å². The maximum Gasteiger partial charge on any atom is 0.280 e. The van der Waals surface area contributed by atoms with E-state index in [-0.39, 0.29) is 39.3 Å². The highest BCUT2D eigenvalue weighted by atomic mass is 32.2. The Morgan fingerprint density at radius 1 is 0.949 bits per heavy atom. The third-order valence-electron chi connectivity index (χ3n) is 6.93. The number of H-pyrrole nitrogens is 1. The molecule has 0 bridgehead atoms. The number of aromatic amines is 1. The van der Waals surface area contributed by atoms with E-state index in [9.17, 15) is 19.2 Å². The van der Waals surface area contributed by atoms with Gasteiger partial charge in [-0.1, -0.05) is 18.2 Å². The van der Waals surface area contributed by atoms with Crippen LogP contribution in [0, 0.1) is 0 Å². The fourth-order valence-electron chi connectivity index (χ4n) is 4.85. The van der Waals surface area contributed by atoms with E-state index in [2.05, 4.69) is 15.6 Å². The Morgan fingerprint density at radius 2 is 1.64 bits per heavy atom. The SMILES string of the molecule is CCn1c(=O)c2c(c(=O)n1CC)SCC(=O)[C@H](CCCCN)NC(=O)[C@H](Cc1c[nH]c3ccccc13)NCS2. The molecule has 210 valence electrons. The van der Waals surface area contributed by atoms with Crippen LogP contribution in [0.15, 0.2) is 49.8 Å². The predicted molar refractivity (Wildman–Crippen MR) is 157 cm³/mol. The summed E-state index contributed by atoms with van der Waals surface area (Å²) in [7, 11) is 0. The number of para-hydroxylation sites is 1. The number of nitrogens with zero attached hydrogens (tertiary/aromatic N) is 2. The van der Waals surface area contributed by atoms with E-state index in [1.54, 1.807) is 0 Å². The van der Waals surface area contributed by atoms with Crippen molar-refractivity contribution in [3.63, 3.8) is 0 Å². The number of aromatic nitrogens is 3. The van der Waals surface area contributed by atoms with Crippen molar-refractivity contribution in [3.8, 4) is 0 Å². The van der Waals surface area contributed by atoms with E-state index in [0.717, 1.165) is 34.6 Å². The van der Waals surface area contributed by atoms with Crippen LogP contribution < -0.4 is 27.5 Å². The number of amides is 1. The van der Waals surface area contributed by atoms with Gasteiger partial charge < -0.3 is 16.0 Å². The van der Waals surface area contributed by atoms with Crippen molar-refractivity contribution < 1.29 is 9.59 Å². The van der Waals surface area contributed by atoms with E-state index in [0.29, 0.717) is 43.8 Å². The van der Waals surface area contributed by atoms with Crippen LogP contribution >= 0.6 is 23.5 Å². The number of carbonyl (C=O) groups excluding carboxylic acids is 2. The van der Waals surface area contributed by atoms with Gasteiger partial charge in [0, 0.05) is 36.1 Å². The van der Waals surface area contributed by atoms with Gasteiger partial charge in [-0.05, 0) is 57.7 Å². The van der Waals surface area contributed by atoms with Gasteiger partial charge in [-0.3, -0.25) is 24.5 Å². The summed E-state index contributed by atoms with van der Waals surface area (Å²) in [6.45, 7) is 4.83. The number of thioether (sulfide) groups is 2. The fraction of sp³-hybridized carbons (Fsp3) is 0.481. The molecule has 4 rings (SSSR count). The Labute approximate surface area is 235 Å². The Kier molecular flexibility index (Phi) is 10.1. The van der Waals surface area contributed by atoms with Crippen LogP contribution in [0.1, 0.15) is 38.7 Å². The van der Waals surface area contributed by atoms with Gasteiger partial charge in [-0.15, -0.1) is 23.5 Å². The first kappa shape index (κ1) is 29.2. The molecule has 5 N–H and O–H groups in total. The summed E-state index contributed by atoms with van der Waals surface area (Å²) < 4.78 is 2.87. The van der Waals surface area contributed by atoms with Crippen LogP contribution in [0.4, 0.5) is 0 Å². The second kappa shape index (κ2) is 13.5. The zero-order valence-electron chi connectivity index (χ0n) is 22.3. The minimum Gasteiger partial charge on any atom is -0.361 e. The molecule has 0 fully saturated rings. The fourth-order valence-corrected chi connectivity index (χ4v) is 7.01. The number of carbonyl (C=O) groups is 2. The molecule has 0 spiro atoms. The van der Waals surface area contributed by atoms with Gasteiger partial charge in [0.1, 0.15) is 0 Å². The molecule has 0 radical (unpaired) electrons. The van der Waals surface area contributed by atoms with Crippen LogP contribution in [-0.2, 0) is 29.1 Å². The molecule has 0 unspecified atom stereocenters. The minimum absolute atomic E-state index is 0.0177. The summed E-state index contributed by atoms with van der Waals surface area (Å²) >= 11 is 2.28. The van der Waals surface area contributed by atoms with Gasteiger partial charge in [-0.2, -0.15) is 0 Å². The van der Waals surface area contributed by atoms with Crippen molar-refractivity contribution in [2.75, 3.05) is 18.2 Å². The first-order valence-corrected chi connectivity index (χ1v) is 15.3. The maximum atomic E-state index is 13.5. The molecular formula is C27H36N6O4S2. The number of unbranched alkanes of at least 4 members (excludes halogenated alkanes) is 1. The molecule has 0 aliphatic carbocycles. The Morgan fingerprint density at radius 3 is 2.33 bits per heavy atom. The number of ketones is 1. The Bertz CT molecular complexity index is 1450. The Hall–Kier alpha value is -2.80. The van der Waals surface area contributed by atoms with Crippen LogP contribution in [0.2, 0.25) is 0 Å². The number of benzene rings is 1. The van der Waals surface area contributed by atoms with Crippen LogP contribution in [-0.4, -0.2) is 56.3 Å². The average molecular weight is 573 g/mol. The summed E-state index contributed by atoms with van der Waals surface area (Å²) in [5.41, 5.74) is 7.06. The first-order chi connectivity index (χ1) is 18.9. The highest BCUT2D eigenvalue weighted by molar-refractivity contribution is 8.02. The third kappa shape index (κ3) is 6.51. The van der Waals surface area contributed by atoms with Gasteiger partial charge in [0.25, 0.3) is 11.1 Å². The lowest BCUT2D eigenvalue weighted by molar-refractivity contribution is -0.128. The molecule has 2 atom stereocenters. The molecule has 3 aromatic rings.